The second kappa shape index (κ2) is 8.86. The molecule has 0 amide bonds. The lowest BCUT2D eigenvalue weighted by atomic mass is 9.92. The first-order chi connectivity index (χ1) is 11.9. The Morgan fingerprint density at radius 1 is 1.08 bits per heavy atom. The normalized spacial score (nSPS) is 11.9. The lowest BCUT2D eigenvalue weighted by Crippen LogP contribution is -2.35. The maximum Gasteiger partial charge on any atom is 0.171 e. The summed E-state index contributed by atoms with van der Waals surface area (Å²) in [6.07, 6.45) is 0. The van der Waals surface area contributed by atoms with Gasteiger partial charge < -0.3 is 15.4 Å². The van der Waals surface area contributed by atoms with Crippen LogP contribution in [0.1, 0.15) is 43.5 Å². The van der Waals surface area contributed by atoms with Crippen molar-refractivity contribution in [2.75, 3.05) is 11.9 Å². The molecular formula is C21H28N2OS. The highest BCUT2D eigenvalue weighted by Gasteiger charge is 2.18. The van der Waals surface area contributed by atoms with Gasteiger partial charge in [0, 0.05) is 5.69 Å². The second-order valence-electron chi connectivity index (χ2n) is 6.64. The summed E-state index contributed by atoms with van der Waals surface area (Å²) in [7, 11) is 0. The molecule has 0 heterocycles. The standard InChI is InChI=1S/C21H28N2OS/c1-6-24-18-10-8-17(9-11-18)22-21(25)23-20(14(2)3)19-12-7-15(4)13-16(19)5/h7-14,20H,6H2,1-5H3,(H2,22,23,25)/t20-/m1/s1. The summed E-state index contributed by atoms with van der Waals surface area (Å²) >= 11 is 5.53. The number of ether oxygens (including phenoxy) is 1. The van der Waals surface area contributed by atoms with Crippen LogP contribution in [0.15, 0.2) is 42.5 Å². The quantitative estimate of drug-likeness (QED) is 0.680. The van der Waals surface area contributed by atoms with Gasteiger partial charge in [-0.05, 0) is 74.3 Å². The molecule has 0 aliphatic heterocycles. The van der Waals surface area contributed by atoms with Gasteiger partial charge in [-0.2, -0.15) is 0 Å². The molecule has 0 unspecified atom stereocenters. The first-order valence-electron chi connectivity index (χ1n) is 8.78. The van der Waals surface area contributed by atoms with Crippen molar-refractivity contribution >= 4 is 23.0 Å². The number of anilines is 1. The molecule has 0 aromatic heterocycles. The Bertz CT molecular complexity index is 710. The van der Waals surface area contributed by atoms with Crippen LogP contribution in [0, 0.1) is 19.8 Å². The number of aryl methyl sites for hydroxylation is 2. The van der Waals surface area contributed by atoms with E-state index in [1.165, 1.54) is 16.7 Å². The zero-order valence-corrected chi connectivity index (χ0v) is 16.5. The molecule has 1 atom stereocenters. The van der Waals surface area contributed by atoms with E-state index in [4.69, 9.17) is 17.0 Å². The molecule has 0 saturated carbocycles. The molecule has 0 spiro atoms. The minimum atomic E-state index is 0.170. The van der Waals surface area contributed by atoms with Gasteiger partial charge >= 0.3 is 0 Å². The average Bonchev–Trinajstić information content (AvgIpc) is 2.55. The predicted octanol–water partition coefficient (Wildman–Crippen LogP) is 5.39. The third kappa shape index (κ3) is 5.46. The minimum absolute atomic E-state index is 0.170. The number of benzene rings is 2. The van der Waals surface area contributed by atoms with Crippen LogP contribution < -0.4 is 15.4 Å². The molecular weight excluding hydrogens is 328 g/mol. The monoisotopic (exact) mass is 356 g/mol. The van der Waals surface area contributed by atoms with Crippen molar-refractivity contribution in [2.45, 2.75) is 40.7 Å². The molecule has 2 aromatic rings. The molecule has 2 rings (SSSR count). The van der Waals surface area contributed by atoms with Gasteiger partial charge in [0.15, 0.2) is 5.11 Å². The number of hydrogen-bond acceptors (Lipinski definition) is 2. The van der Waals surface area contributed by atoms with E-state index in [1.54, 1.807) is 0 Å². The predicted molar refractivity (Wildman–Crippen MR) is 110 cm³/mol. The molecule has 0 bridgehead atoms. The van der Waals surface area contributed by atoms with E-state index >= 15 is 0 Å². The van der Waals surface area contributed by atoms with E-state index in [-0.39, 0.29) is 6.04 Å². The van der Waals surface area contributed by atoms with Crippen LogP contribution in [-0.2, 0) is 0 Å². The van der Waals surface area contributed by atoms with Gasteiger partial charge in [-0.25, -0.2) is 0 Å². The van der Waals surface area contributed by atoms with Gasteiger partial charge in [0.1, 0.15) is 5.75 Å². The average molecular weight is 357 g/mol. The topological polar surface area (TPSA) is 33.3 Å². The van der Waals surface area contributed by atoms with E-state index in [1.807, 2.05) is 31.2 Å². The highest BCUT2D eigenvalue weighted by Crippen LogP contribution is 2.26. The van der Waals surface area contributed by atoms with Gasteiger partial charge in [0.2, 0.25) is 0 Å². The third-order valence-corrected chi connectivity index (χ3v) is 4.36. The number of nitrogens with one attached hydrogen (secondary N) is 2. The molecule has 0 fully saturated rings. The summed E-state index contributed by atoms with van der Waals surface area (Å²) in [5, 5.41) is 7.36. The fourth-order valence-electron chi connectivity index (χ4n) is 2.89. The molecule has 0 aliphatic carbocycles. The smallest absolute Gasteiger partial charge is 0.171 e. The van der Waals surface area contributed by atoms with Crippen molar-refractivity contribution in [2.24, 2.45) is 5.92 Å². The molecule has 25 heavy (non-hydrogen) atoms. The number of thiocarbonyl (C=S) groups is 1. The SMILES string of the molecule is CCOc1ccc(NC(=S)N[C@@H](c2ccc(C)cc2C)C(C)C)cc1. The number of rotatable bonds is 6. The fourth-order valence-corrected chi connectivity index (χ4v) is 3.13. The molecule has 3 nitrogen and oxygen atoms in total. The number of hydrogen-bond donors (Lipinski definition) is 2. The maximum absolute atomic E-state index is 5.53. The van der Waals surface area contributed by atoms with Crippen molar-refractivity contribution < 1.29 is 4.74 Å². The van der Waals surface area contributed by atoms with Gasteiger partial charge in [-0.15, -0.1) is 0 Å². The van der Waals surface area contributed by atoms with Crippen molar-refractivity contribution in [3.05, 3.63) is 59.2 Å². The highest BCUT2D eigenvalue weighted by molar-refractivity contribution is 7.80. The summed E-state index contributed by atoms with van der Waals surface area (Å²) in [6.45, 7) is 11.3. The van der Waals surface area contributed by atoms with E-state index in [0.717, 1.165) is 11.4 Å². The Hall–Kier alpha value is -2.07. The van der Waals surface area contributed by atoms with Crippen LogP contribution in [0.3, 0.4) is 0 Å². The molecule has 2 aromatic carbocycles. The summed E-state index contributed by atoms with van der Waals surface area (Å²) in [6, 6.07) is 14.6. The summed E-state index contributed by atoms with van der Waals surface area (Å²) < 4.78 is 5.47. The van der Waals surface area contributed by atoms with Crippen LogP contribution in [0.2, 0.25) is 0 Å². The largest absolute Gasteiger partial charge is 0.494 e. The van der Waals surface area contributed by atoms with Crippen LogP contribution in [0.4, 0.5) is 5.69 Å². The van der Waals surface area contributed by atoms with Gasteiger partial charge in [0.25, 0.3) is 0 Å². The zero-order chi connectivity index (χ0) is 18.4. The first kappa shape index (κ1) is 19.3. The lowest BCUT2D eigenvalue weighted by molar-refractivity contribution is 0.340. The molecule has 134 valence electrons. The van der Waals surface area contributed by atoms with E-state index < -0.39 is 0 Å². The van der Waals surface area contributed by atoms with E-state index in [0.29, 0.717) is 17.6 Å². The molecule has 2 N–H and O–H groups in total. The summed E-state index contributed by atoms with van der Waals surface area (Å²) in [4.78, 5) is 0. The van der Waals surface area contributed by atoms with Crippen LogP contribution in [0.5, 0.6) is 5.75 Å². The minimum Gasteiger partial charge on any atom is -0.494 e. The van der Waals surface area contributed by atoms with Gasteiger partial charge in [0.05, 0.1) is 12.6 Å². The third-order valence-electron chi connectivity index (χ3n) is 4.14. The van der Waals surface area contributed by atoms with Crippen LogP contribution in [0.25, 0.3) is 0 Å². The van der Waals surface area contributed by atoms with Crippen molar-refractivity contribution in [3.8, 4) is 5.75 Å². The molecule has 0 aliphatic rings. The molecule has 4 heteroatoms. The van der Waals surface area contributed by atoms with Gasteiger partial charge in [-0.1, -0.05) is 37.6 Å². The van der Waals surface area contributed by atoms with Crippen molar-refractivity contribution in [3.63, 3.8) is 0 Å². The van der Waals surface area contributed by atoms with Gasteiger partial charge in [-0.3, -0.25) is 0 Å². The molecule has 0 radical (unpaired) electrons. The van der Waals surface area contributed by atoms with Crippen molar-refractivity contribution in [1.29, 1.82) is 0 Å². The Balaban J connectivity index is 2.07. The van der Waals surface area contributed by atoms with Crippen LogP contribution in [-0.4, -0.2) is 11.7 Å². The second-order valence-corrected chi connectivity index (χ2v) is 7.05. The van der Waals surface area contributed by atoms with Crippen molar-refractivity contribution in [1.82, 2.24) is 5.32 Å². The molecule has 0 saturated heterocycles. The summed E-state index contributed by atoms with van der Waals surface area (Å²) in [5.41, 5.74) is 4.80. The van der Waals surface area contributed by atoms with E-state index in [9.17, 15) is 0 Å². The summed E-state index contributed by atoms with van der Waals surface area (Å²) in [5.74, 6) is 1.28. The Kier molecular flexibility index (Phi) is 6.82. The zero-order valence-electron chi connectivity index (χ0n) is 15.7. The lowest BCUT2D eigenvalue weighted by Gasteiger charge is -2.26. The van der Waals surface area contributed by atoms with Crippen LogP contribution >= 0.6 is 12.2 Å². The highest BCUT2D eigenvalue weighted by atomic mass is 32.1. The Morgan fingerprint density at radius 2 is 1.76 bits per heavy atom. The Labute approximate surface area is 156 Å². The fraction of sp³-hybridized carbons (Fsp3) is 0.381. The first-order valence-corrected chi connectivity index (χ1v) is 9.19. The van der Waals surface area contributed by atoms with E-state index in [2.05, 4.69) is 56.5 Å². The maximum atomic E-state index is 5.53. The Morgan fingerprint density at radius 3 is 2.32 bits per heavy atom.